The van der Waals surface area contributed by atoms with Crippen LogP contribution in [-0.2, 0) is 6.54 Å². The highest BCUT2D eigenvalue weighted by Gasteiger charge is 2.03. The zero-order chi connectivity index (χ0) is 9.68. The van der Waals surface area contributed by atoms with Crippen LogP contribution in [0, 0.1) is 13.8 Å². The molecule has 0 fully saturated rings. The van der Waals surface area contributed by atoms with Crippen LogP contribution in [0.1, 0.15) is 37.1 Å². The Morgan fingerprint density at radius 2 is 2.15 bits per heavy atom. The van der Waals surface area contributed by atoms with Crippen LogP contribution < -0.4 is 5.32 Å². The molecule has 3 nitrogen and oxygen atoms in total. The van der Waals surface area contributed by atoms with Gasteiger partial charge in [-0.15, -0.1) is 0 Å². The third kappa shape index (κ3) is 3.19. The Morgan fingerprint density at radius 3 is 2.69 bits per heavy atom. The minimum absolute atomic E-state index is 0.745. The third-order valence-electron chi connectivity index (χ3n) is 2.06. The second-order valence-electron chi connectivity index (χ2n) is 3.28. The number of rotatable bonds is 5. The number of unbranched alkanes of at least 4 members (excludes halogenated alkanes) is 1. The molecule has 1 N–H and O–H groups in total. The summed E-state index contributed by atoms with van der Waals surface area (Å²) in [4.78, 5) is 4.28. The fourth-order valence-corrected chi connectivity index (χ4v) is 1.11. The van der Waals surface area contributed by atoms with Gasteiger partial charge in [0, 0.05) is 0 Å². The topological polar surface area (TPSA) is 38.1 Å². The van der Waals surface area contributed by atoms with Crippen molar-refractivity contribution in [2.45, 2.75) is 40.2 Å². The highest BCUT2D eigenvalue weighted by Crippen LogP contribution is 2.07. The van der Waals surface area contributed by atoms with Crippen molar-refractivity contribution in [3.63, 3.8) is 0 Å². The second-order valence-corrected chi connectivity index (χ2v) is 3.28. The van der Waals surface area contributed by atoms with E-state index in [1.807, 2.05) is 13.8 Å². The predicted molar refractivity (Wildman–Crippen MR) is 52.6 cm³/mol. The van der Waals surface area contributed by atoms with Gasteiger partial charge in [0.25, 0.3) is 0 Å². The summed E-state index contributed by atoms with van der Waals surface area (Å²) in [5.74, 6) is 1.72. The van der Waals surface area contributed by atoms with Crippen molar-refractivity contribution in [1.29, 1.82) is 0 Å². The van der Waals surface area contributed by atoms with Crippen LogP contribution in [0.4, 0.5) is 0 Å². The molecule has 0 aliphatic rings. The van der Waals surface area contributed by atoms with Crippen LogP contribution in [0.2, 0.25) is 0 Å². The lowest BCUT2D eigenvalue weighted by molar-refractivity contribution is 0.447. The maximum Gasteiger partial charge on any atom is 0.208 e. The molecule has 0 aliphatic carbocycles. The molecule has 0 unspecified atom stereocenters. The van der Waals surface area contributed by atoms with E-state index >= 15 is 0 Å². The summed E-state index contributed by atoms with van der Waals surface area (Å²) >= 11 is 0. The first kappa shape index (κ1) is 10.3. The van der Waals surface area contributed by atoms with E-state index in [-0.39, 0.29) is 0 Å². The quantitative estimate of drug-likeness (QED) is 0.709. The Kier molecular flexibility index (Phi) is 3.96. The number of aryl methyl sites for hydroxylation is 2. The maximum absolute atomic E-state index is 5.42. The van der Waals surface area contributed by atoms with Gasteiger partial charge in [0.2, 0.25) is 5.89 Å². The number of hydrogen-bond donors (Lipinski definition) is 1. The van der Waals surface area contributed by atoms with Crippen molar-refractivity contribution in [1.82, 2.24) is 10.3 Å². The van der Waals surface area contributed by atoms with Gasteiger partial charge in [0.05, 0.1) is 12.2 Å². The van der Waals surface area contributed by atoms with Gasteiger partial charge in [-0.05, 0) is 26.8 Å². The number of nitrogens with one attached hydrogen (secondary N) is 1. The Labute approximate surface area is 79.5 Å². The van der Waals surface area contributed by atoms with Crippen LogP contribution >= 0.6 is 0 Å². The summed E-state index contributed by atoms with van der Waals surface area (Å²) in [6, 6.07) is 0. The van der Waals surface area contributed by atoms with Gasteiger partial charge in [-0.3, -0.25) is 0 Å². The van der Waals surface area contributed by atoms with Crippen LogP contribution in [0.15, 0.2) is 4.42 Å². The molecule has 0 radical (unpaired) electrons. The third-order valence-corrected chi connectivity index (χ3v) is 2.06. The SMILES string of the molecule is CCCCNCc1nc(C)c(C)o1. The molecule has 1 heterocycles. The van der Waals surface area contributed by atoms with Gasteiger partial charge in [-0.1, -0.05) is 13.3 Å². The monoisotopic (exact) mass is 182 g/mol. The van der Waals surface area contributed by atoms with Gasteiger partial charge >= 0.3 is 0 Å². The molecule has 1 aromatic rings. The normalized spacial score (nSPS) is 10.7. The minimum Gasteiger partial charge on any atom is -0.444 e. The highest BCUT2D eigenvalue weighted by atomic mass is 16.4. The fraction of sp³-hybridized carbons (Fsp3) is 0.700. The van der Waals surface area contributed by atoms with Crippen molar-refractivity contribution in [2.75, 3.05) is 6.54 Å². The van der Waals surface area contributed by atoms with E-state index in [9.17, 15) is 0 Å². The van der Waals surface area contributed by atoms with Crippen LogP contribution in [0.3, 0.4) is 0 Å². The summed E-state index contributed by atoms with van der Waals surface area (Å²) in [5.41, 5.74) is 0.993. The fourth-order valence-electron chi connectivity index (χ4n) is 1.11. The summed E-state index contributed by atoms with van der Waals surface area (Å²) in [6.07, 6.45) is 2.43. The highest BCUT2D eigenvalue weighted by molar-refractivity contribution is 5.04. The van der Waals surface area contributed by atoms with Gasteiger partial charge in [-0.2, -0.15) is 0 Å². The first-order valence-corrected chi connectivity index (χ1v) is 4.87. The number of oxazole rings is 1. The second kappa shape index (κ2) is 5.02. The van der Waals surface area contributed by atoms with E-state index in [1.165, 1.54) is 12.8 Å². The standard InChI is InChI=1S/C10H18N2O/c1-4-5-6-11-7-10-12-8(2)9(3)13-10/h11H,4-7H2,1-3H3. The zero-order valence-corrected chi connectivity index (χ0v) is 8.68. The Bertz CT molecular complexity index is 236. The van der Waals surface area contributed by atoms with Crippen molar-refractivity contribution in [3.05, 3.63) is 17.3 Å². The molecule has 0 amide bonds. The van der Waals surface area contributed by atoms with Crippen molar-refractivity contribution in [2.24, 2.45) is 0 Å². The van der Waals surface area contributed by atoms with E-state index in [1.54, 1.807) is 0 Å². The first-order valence-electron chi connectivity index (χ1n) is 4.87. The lowest BCUT2D eigenvalue weighted by atomic mass is 10.3. The lowest BCUT2D eigenvalue weighted by Crippen LogP contribution is -2.14. The van der Waals surface area contributed by atoms with E-state index in [2.05, 4.69) is 17.2 Å². The number of nitrogens with zero attached hydrogens (tertiary/aromatic N) is 1. The molecule has 0 atom stereocenters. The van der Waals surface area contributed by atoms with E-state index < -0.39 is 0 Å². The maximum atomic E-state index is 5.42. The Morgan fingerprint density at radius 1 is 1.38 bits per heavy atom. The van der Waals surface area contributed by atoms with Gasteiger partial charge in [-0.25, -0.2) is 4.98 Å². The largest absolute Gasteiger partial charge is 0.444 e. The molecule has 1 rings (SSSR count). The zero-order valence-electron chi connectivity index (χ0n) is 8.68. The molecule has 0 bridgehead atoms. The Balaban J connectivity index is 2.29. The average molecular weight is 182 g/mol. The molecule has 13 heavy (non-hydrogen) atoms. The Hall–Kier alpha value is -0.830. The van der Waals surface area contributed by atoms with Crippen molar-refractivity contribution < 1.29 is 4.42 Å². The van der Waals surface area contributed by atoms with Gasteiger partial charge in [0.15, 0.2) is 0 Å². The van der Waals surface area contributed by atoms with Gasteiger partial charge in [0.1, 0.15) is 5.76 Å². The molecular formula is C10H18N2O. The molecule has 0 aromatic carbocycles. The molecule has 3 heteroatoms. The van der Waals surface area contributed by atoms with E-state index in [0.717, 1.165) is 30.4 Å². The predicted octanol–water partition coefficient (Wildman–Crippen LogP) is 2.18. The van der Waals surface area contributed by atoms with Crippen molar-refractivity contribution in [3.8, 4) is 0 Å². The lowest BCUT2D eigenvalue weighted by Gasteiger charge is -1.98. The molecule has 0 saturated heterocycles. The molecule has 74 valence electrons. The van der Waals surface area contributed by atoms with Crippen LogP contribution in [0.25, 0.3) is 0 Å². The summed E-state index contributed by atoms with van der Waals surface area (Å²) in [6.45, 7) is 7.87. The first-order chi connectivity index (χ1) is 6.24. The molecular weight excluding hydrogens is 164 g/mol. The van der Waals surface area contributed by atoms with E-state index in [4.69, 9.17) is 4.42 Å². The number of aromatic nitrogens is 1. The van der Waals surface area contributed by atoms with Crippen LogP contribution in [-0.4, -0.2) is 11.5 Å². The van der Waals surface area contributed by atoms with E-state index in [0.29, 0.717) is 0 Å². The summed E-state index contributed by atoms with van der Waals surface area (Å²) in [5, 5.41) is 3.29. The summed E-state index contributed by atoms with van der Waals surface area (Å²) < 4.78 is 5.42. The minimum atomic E-state index is 0.745. The average Bonchev–Trinajstić information content (AvgIpc) is 2.41. The molecule has 0 aliphatic heterocycles. The molecule has 0 spiro atoms. The smallest absolute Gasteiger partial charge is 0.208 e. The van der Waals surface area contributed by atoms with Crippen LogP contribution in [0.5, 0.6) is 0 Å². The summed E-state index contributed by atoms with van der Waals surface area (Å²) in [7, 11) is 0. The molecule has 0 saturated carbocycles. The molecule has 1 aromatic heterocycles. The number of hydrogen-bond acceptors (Lipinski definition) is 3. The van der Waals surface area contributed by atoms with Gasteiger partial charge < -0.3 is 9.73 Å². The van der Waals surface area contributed by atoms with Crippen molar-refractivity contribution >= 4 is 0 Å².